The van der Waals surface area contributed by atoms with Crippen LogP contribution in [0.4, 0.5) is 17.5 Å². The van der Waals surface area contributed by atoms with Gasteiger partial charge in [-0.05, 0) is 0 Å². The standard InChI is InChI=1S/C17H18ClN7O5/c1-20-25(13-14(19)23(2)17(28)24(3)15(13)27)7-12(26)22-16-21-9-6-10(29-4)8(18)5-11(9)30-16/h5-6H,1,7,19H2,2-4H3,(H,21,22,26). The van der Waals surface area contributed by atoms with Crippen LogP contribution in [0.5, 0.6) is 5.75 Å². The first-order chi connectivity index (χ1) is 14.2. The van der Waals surface area contributed by atoms with Gasteiger partial charge in [0.05, 0.1) is 12.1 Å². The Morgan fingerprint density at radius 1 is 1.40 bits per heavy atom. The van der Waals surface area contributed by atoms with Crippen molar-refractivity contribution < 1.29 is 13.9 Å². The molecule has 13 heteroatoms. The lowest BCUT2D eigenvalue weighted by Crippen LogP contribution is -2.43. The average Bonchev–Trinajstić information content (AvgIpc) is 3.09. The van der Waals surface area contributed by atoms with Gasteiger partial charge in [0, 0.05) is 32.9 Å². The highest BCUT2D eigenvalue weighted by Crippen LogP contribution is 2.31. The highest BCUT2D eigenvalue weighted by atomic mass is 35.5. The van der Waals surface area contributed by atoms with Crippen LogP contribution < -0.4 is 32.0 Å². The Kier molecular flexibility index (Phi) is 5.52. The van der Waals surface area contributed by atoms with Crippen LogP contribution in [0.25, 0.3) is 11.1 Å². The number of rotatable bonds is 6. The molecule has 1 amide bonds. The van der Waals surface area contributed by atoms with E-state index in [4.69, 9.17) is 26.5 Å². The molecule has 1 aromatic carbocycles. The first-order valence-electron chi connectivity index (χ1n) is 8.41. The Labute approximate surface area is 174 Å². The SMILES string of the molecule is C=NN(CC(=O)Nc1nc2cc(OC)c(Cl)cc2o1)c1c(N)n(C)c(=O)n(C)c1=O. The van der Waals surface area contributed by atoms with E-state index in [-0.39, 0.29) is 17.5 Å². The number of nitrogen functional groups attached to an aromatic ring is 1. The predicted octanol–water partition coefficient (Wildman–Crippen LogP) is 0.530. The molecule has 0 aliphatic heterocycles. The number of aromatic nitrogens is 3. The van der Waals surface area contributed by atoms with Crippen LogP contribution >= 0.6 is 11.6 Å². The summed E-state index contributed by atoms with van der Waals surface area (Å²) in [4.78, 5) is 41.0. The van der Waals surface area contributed by atoms with E-state index in [1.807, 2.05) is 0 Å². The number of ether oxygens (including phenoxy) is 1. The molecule has 30 heavy (non-hydrogen) atoms. The molecule has 2 aromatic heterocycles. The fourth-order valence-electron chi connectivity index (χ4n) is 2.72. The lowest BCUT2D eigenvalue weighted by atomic mass is 10.3. The molecule has 0 saturated heterocycles. The van der Waals surface area contributed by atoms with E-state index in [0.717, 1.165) is 14.1 Å². The van der Waals surface area contributed by atoms with E-state index in [9.17, 15) is 14.4 Å². The summed E-state index contributed by atoms with van der Waals surface area (Å²) in [5, 5.41) is 7.44. The van der Waals surface area contributed by atoms with E-state index >= 15 is 0 Å². The number of hydrogen-bond acceptors (Lipinski definition) is 9. The Morgan fingerprint density at radius 2 is 2.10 bits per heavy atom. The maximum atomic E-state index is 12.5. The smallest absolute Gasteiger partial charge is 0.332 e. The van der Waals surface area contributed by atoms with Crippen molar-refractivity contribution >= 4 is 52.8 Å². The lowest BCUT2D eigenvalue weighted by molar-refractivity contribution is -0.115. The first kappa shape index (κ1) is 20.9. The van der Waals surface area contributed by atoms with Crippen LogP contribution in [-0.2, 0) is 18.9 Å². The van der Waals surface area contributed by atoms with Gasteiger partial charge in [0.25, 0.3) is 5.56 Å². The second-order valence-corrected chi connectivity index (χ2v) is 6.57. The lowest BCUT2D eigenvalue weighted by Gasteiger charge is -2.20. The fourth-order valence-corrected chi connectivity index (χ4v) is 2.95. The third-order valence-electron chi connectivity index (χ3n) is 4.32. The number of nitrogens with one attached hydrogen (secondary N) is 1. The quantitative estimate of drug-likeness (QED) is 0.420. The molecule has 0 fully saturated rings. The number of hydrogen-bond donors (Lipinski definition) is 2. The molecule has 3 aromatic rings. The van der Waals surface area contributed by atoms with Crippen molar-refractivity contribution in [3.8, 4) is 5.75 Å². The Bertz CT molecular complexity index is 1280. The molecular weight excluding hydrogens is 418 g/mol. The minimum absolute atomic E-state index is 0.0929. The van der Waals surface area contributed by atoms with Gasteiger partial charge in [-0.1, -0.05) is 11.6 Å². The molecule has 2 heterocycles. The van der Waals surface area contributed by atoms with Crippen molar-refractivity contribution in [1.29, 1.82) is 0 Å². The molecule has 0 aliphatic carbocycles. The van der Waals surface area contributed by atoms with Gasteiger partial charge in [-0.3, -0.25) is 24.0 Å². The molecule has 0 aliphatic rings. The predicted molar refractivity (Wildman–Crippen MR) is 112 cm³/mol. The van der Waals surface area contributed by atoms with Crippen LogP contribution in [0.3, 0.4) is 0 Å². The Hall–Kier alpha value is -3.80. The van der Waals surface area contributed by atoms with Crippen molar-refractivity contribution in [2.45, 2.75) is 0 Å². The third-order valence-corrected chi connectivity index (χ3v) is 4.61. The molecule has 0 saturated carbocycles. The Balaban J connectivity index is 1.87. The molecule has 0 unspecified atom stereocenters. The summed E-state index contributed by atoms with van der Waals surface area (Å²) in [5.74, 6) is -0.382. The largest absolute Gasteiger partial charge is 0.495 e. The zero-order valence-electron chi connectivity index (χ0n) is 16.3. The van der Waals surface area contributed by atoms with Gasteiger partial charge in [-0.2, -0.15) is 10.1 Å². The van der Waals surface area contributed by atoms with Crippen LogP contribution in [-0.4, -0.2) is 40.4 Å². The number of anilines is 3. The maximum absolute atomic E-state index is 12.5. The number of nitrogens with two attached hydrogens (primary N) is 1. The van der Waals surface area contributed by atoms with E-state index in [0.29, 0.717) is 21.9 Å². The van der Waals surface area contributed by atoms with Crippen molar-refractivity contribution in [3.05, 3.63) is 38.0 Å². The molecule has 3 rings (SSSR count). The molecule has 0 atom stereocenters. The number of methoxy groups -OCH3 is 1. The van der Waals surface area contributed by atoms with Gasteiger partial charge in [-0.25, -0.2) is 9.80 Å². The van der Waals surface area contributed by atoms with E-state index in [1.54, 1.807) is 6.07 Å². The van der Waals surface area contributed by atoms with Crippen molar-refractivity contribution in [1.82, 2.24) is 14.1 Å². The summed E-state index contributed by atoms with van der Waals surface area (Å²) in [6, 6.07) is 2.97. The molecule has 0 bridgehead atoms. The minimum atomic E-state index is -0.723. The van der Waals surface area contributed by atoms with Crippen LogP contribution in [0.1, 0.15) is 0 Å². The normalized spacial score (nSPS) is 10.8. The molecule has 0 spiro atoms. The van der Waals surface area contributed by atoms with E-state index < -0.39 is 23.7 Å². The summed E-state index contributed by atoms with van der Waals surface area (Å²) in [6.07, 6.45) is 0. The van der Waals surface area contributed by atoms with Gasteiger partial charge >= 0.3 is 11.7 Å². The maximum Gasteiger partial charge on any atom is 0.332 e. The van der Waals surface area contributed by atoms with Crippen molar-refractivity contribution in [2.75, 3.05) is 29.7 Å². The van der Waals surface area contributed by atoms with Crippen LogP contribution in [0, 0.1) is 0 Å². The van der Waals surface area contributed by atoms with Gasteiger partial charge in [0.1, 0.15) is 23.6 Å². The Morgan fingerprint density at radius 3 is 2.73 bits per heavy atom. The number of oxazole rings is 1. The van der Waals surface area contributed by atoms with Crippen LogP contribution in [0.2, 0.25) is 5.02 Å². The molecule has 12 nitrogen and oxygen atoms in total. The summed E-state index contributed by atoms with van der Waals surface area (Å²) in [6.45, 7) is 2.92. The summed E-state index contributed by atoms with van der Waals surface area (Å²) >= 11 is 6.05. The number of amides is 1. The van der Waals surface area contributed by atoms with Crippen molar-refractivity contribution in [3.63, 3.8) is 0 Å². The number of nitrogens with zero attached hydrogens (tertiary/aromatic N) is 5. The number of carbonyl (C=O) groups is 1. The first-order valence-corrected chi connectivity index (χ1v) is 8.79. The number of halogens is 1. The van der Waals surface area contributed by atoms with Gasteiger partial charge in [-0.15, -0.1) is 0 Å². The van der Waals surface area contributed by atoms with Gasteiger partial charge in [0.2, 0.25) is 5.91 Å². The monoisotopic (exact) mass is 435 g/mol. The third kappa shape index (κ3) is 3.59. The van der Waals surface area contributed by atoms with Gasteiger partial charge < -0.3 is 14.9 Å². The number of carbonyl (C=O) groups excluding carboxylic acids is 1. The molecule has 3 N–H and O–H groups in total. The molecular formula is C17H18ClN7O5. The summed E-state index contributed by atoms with van der Waals surface area (Å²) in [7, 11) is 4.13. The number of benzene rings is 1. The van der Waals surface area contributed by atoms with E-state index in [1.165, 1.54) is 27.3 Å². The average molecular weight is 436 g/mol. The number of hydrazone groups is 1. The highest BCUT2D eigenvalue weighted by molar-refractivity contribution is 6.32. The summed E-state index contributed by atoms with van der Waals surface area (Å²) in [5.41, 5.74) is 5.13. The highest BCUT2D eigenvalue weighted by Gasteiger charge is 2.22. The zero-order chi connectivity index (χ0) is 22.2. The molecule has 158 valence electrons. The second-order valence-electron chi connectivity index (χ2n) is 6.16. The second kappa shape index (κ2) is 7.91. The fraction of sp³-hybridized carbons (Fsp3) is 0.235. The minimum Gasteiger partial charge on any atom is -0.495 e. The van der Waals surface area contributed by atoms with Gasteiger partial charge in [0.15, 0.2) is 11.3 Å². The number of fused-ring (bicyclic) bond motifs is 1. The van der Waals surface area contributed by atoms with Crippen molar-refractivity contribution in [2.24, 2.45) is 19.2 Å². The summed E-state index contributed by atoms with van der Waals surface area (Å²) < 4.78 is 12.5. The topological polar surface area (TPSA) is 150 Å². The van der Waals surface area contributed by atoms with Crippen LogP contribution in [0.15, 0.2) is 31.2 Å². The molecule has 0 radical (unpaired) electrons. The zero-order valence-corrected chi connectivity index (χ0v) is 17.1. The van der Waals surface area contributed by atoms with E-state index in [2.05, 4.69) is 22.1 Å².